The van der Waals surface area contributed by atoms with Gasteiger partial charge in [0.15, 0.2) is 0 Å². The van der Waals surface area contributed by atoms with Gasteiger partial charge in [0.25, 0.3) is 0 Å². The van der Waals surface area contributed by atoms with Gasteiger partial charge in [0.05, 0.1) is 48.3 Å². The van der Waals surface area contributed by atoms with Crippen molar-refractivity contribution in [2.45, 2.75) is 53.5 Å². The van der Waals surface area contributed by atoms with Gasteiger partial charge in [-0.2, -0.15) is 0 Å². The summed E-state index contributed by atoms with van der Waals surface area (Å²) in [6, 6.07) is 33.2. The fraction of sp³-hybridized carbons (Fsp3) is 0.379. The number of carbonyl (C=O) groups is 2. The number of carbonyl (C=O) groups excluding carboxylic acids is 2. The maximum Gasteiger partial charge on any atom is 0.229 e. The Morgan fingerprint density at radius 1 is 0.541 bits per heavy atom. The third-order valence-electron chi connectivity index (χ3n) is 14.4. The van der Waals surface area contributed by atoms with E-state index in [0.717, 1.165) is 141 Å². The lowest BCUT2D eigenvalue weighted by Gasteiger charge is -2.38. The lowest BCUT2D eigenvalue weighted by atomic mass is 10.1. The number of pyridine rings is 2. The van der Waals surface area contributed by atoms with Gasteiger partial charge in [0.1, 0.15) is 23.1 Å². The van der Waals surface area contributed by atoms with Gasteiger partial charge in [-0.05, 0) is 93.4 Å². The van der Waals surface area contributed by atoms with Gasteiger partial charge in [-0.15, -0.1) is 0 Å². The molecule has 2 fully saturated rings. The van der Waals surface area contributed by atoms with Crippen molar-refractivity contribution in [1.82, 2.24) is 19.8 Å². The monoisotopic (exact) mass is 1000 g/mol. The average molecular weight is 1000 g/mol. The molecule has 0 aliphatic carbocycles. The summed E-state index contributed by atoms with van der Waals surface area (Å²) in [5.74, 6) is 3.13. The fourth-order valence-electron chi connectivity index (χ4n) is 10.2. The molecule has 4 aromatic carbocycles. The molecule has 2 saturated heterocycles. The van der Waals surface area contributed by atoms with Crippen LogP contribution in [0.4, 0.5) is 68.5 Å². The highest BCUT2D eigenvalue weighted by atomic mass is 16.5. The summed E-state index contributed by atoms with van der Waals surface area (Å²) in [7, 11) is 5.55. The second kappa shape index (κ2) is 23.1. The van der Waals surface area contributed by atoms with Crippen molar-refractivity contribution in [3.05, 3.63) is 121 Å². The second-order valence-corrected chi connectivity index (χ2v) is 20.0. The molecule has 4 aliphatic rings. The standard InChI is InChI=1S/2C29H36N6O2/c1-20(2)29(36)35-13-11-21-6-5-7-25(28(21)35)31-22-10-12-30-27(18-22)32-24-9-8-23(19-26(24)37-4)34-16-14-33(3)15-17-34;1-20(2)33-14-16-34(17-15-33)24-8-9-25(27(19-24)37-4)32-28-18-23(10-12-30-28)31-26-7-5-6-22-11-13-35(21(3)36)29(22)26/h2*5-10,12,18-20H,11,13-17H2,1-4H3,(H2,30,31,32). The predicted octanol–water partition coefficient (Wildman–Crippen LogP) is 9.89. The largest absolute Gasteiger partial charge is 0.494 e. The normalized spacial score (nSPS) is 15.6. The highest BCUT2D eigenvalue weighted by molar-refractivity contribution is 6.01. The summed E-state index contributed by atoms with van der Waals surface area (Å²) < 4.78 is 11.5. The molecule has 10 rings (SSSR count). The Bertz CT molecular complexity index is 2930. The molecule has 0 atom stereocenters. The Balaban J connectivity index is 0.000000182. The van der Waals surface area contributed by atoms with E-state index in [0.29, 0.717) is 17.7 Å². The van der Waals surface area contributed by atoms with Gasteiger partial charge in [0, 0.05) is 144 Å². The van der Waals surface area contributed by atoms with Crippen molar-refractivity contribution >= 4 is 80.3 Å². The van der Waals surface area contributed by atoms with Crippen molar-refractivity contribution in [2.75, 3.05) is 128 Å². The number of hydrogen-bond acceptors (Lipinski definition) is 14. The van der Waals surface area contributed by atoms with Gasteiger partial charge in [-0.3, -0.25) is 14.5 Å². The maximum absolute atomic E-state index is 12.8. The minimum absolute atomic E-state index is 0.0478. The van der Waals surface area contributed by atoms with Gasteiger partial charge >= 0.3 is 0 Å². The lowest BCUT2D eigenvalue weighted by molar-refractivity contribution is -0.121. The molecule has 16 nitrogen and oxygen atoms in total. The number of amides is 2. The van der Waals surface area contributed by atoms with Gasteiger partial charge in [-0.25, -0.2) is 9.97 Å². The minimum atomic E-state index is -0.0478. The third-order valence-corrected chi connectivity index (χ3v) is 14.4. The molecule has 6 heterocycles. The molecule has 2 aromatic heterocycles. The number of benzene rings is 4. The molecule has 6 aromatic rings. The van der Waals surface area contributed by atoms with Crippen LogP contribution in [0.25, 0.3) is 0 Å². The molecule has 74 heavy (non-hydrogen) atoms. The number of rotatable bonds is 14. The van der Waals surface area contributed by atoms with Crippen molar-refractivity contribution in [3.63, 3.8) is 0 Å². The summed E-state index contributed by atoms with van der Waals surface area (Å²) in [5, 5.41) is 13.8. The van der Waals surface area contributed by atoms with E-state index >= 15 is 0 Å². The number of nitrogens with one attached hydrogen (secondary N) is 4. The van der Waals surface area contributed by atoms with E-state index in [1.165, 1.54) is 16.8 Å². The molecule has 388 valence electrons. The number of likely N-dealkylation sites (N-methyl/N-ethyl adjacent to an activating group) is 1. The Morgan fingerprint density at radius 2 is 1.01 bits per heavy atom. The van der Waals surface area contributed by atoms with E-state index in [4.69, 9.17) is 9.47 Å². The molecule has 4 N–H and O–H groups in total. The molecular weight excluding hydrogens is 929 g/mol. The van der Waals surface area contributed by atoms with Crippen molar-refractivity contribution < 1.29 is 19.1 Å². The molecule has 2 amide bonds. The third kappa shape index (κ3) is 11.8. The summed E-state index contributed by atoms with van der Waals surface area (Å²) >= 11 is 0. The van der Waals surface area contributed by atoms with Crippen molar-refractivity contribution in [2.24, 2.45) is 5.92 Å². The van der Waals surface area contributed by atoms with E-state index in [2.05, 4.69) is 114 Å². The van der Waals surface area contributed by atoms with Crippen LogP contribution in [0.3, 0.4) is 0 Å². The zero-order valence-electron chi connectivity index (χ0n) is 44.2. The number of hydrogen-bond donors (Lipinski definition) is 4. The van der Waals surface area contributed by atoms with Crippen LogP contribution < -0.4 is 50.3 Å². The second-order valence-electron chi connectivity index (χ2n) is 20.0. The topological polar surface area (TPSA) is 146 Å². The van der Waals surface area contributed by atoms with Gasteiger partial charge in [0.2, 0.25) is 11.8 Å². The Kier molecular flexibility index (Phi) is 16.0. The highest BCUT2D eigenvalue weighted by Crippen LogP contribution is 2.40. The molecule has 16 heteroatoms. The zero-order valence-corrected chi connectivity index (χ0v) is 44.2. The van der Waals surface area contributed by atoms with Gasteiger partial charge in [-0.1, -0.05) is 38.1 Å². The molecule has 4 aliphatic heterocycles. The van der Waals surface area contributed by atoms with E-state index in [1.807, 2.05) is 78.2 Å². The molecule has 0 spiro atoms. The van der Waals surface area contributed by atoms with Gasteiger partial charge < -0.3 is 55.2 Å². The van der Waals surface area contributed by atoms with Crippen molar-refractivity contribution in [3.8, 4) is 11.5 Å². The summed E-state index contributed by atoms with van der Waals surface area (Å²) in [6.07, 6.45) is 5.29. The lowest BCUT2D eigenvalue weighted by Crippen LogP contribution is -2.48. The number of aromatic nitrogens is 2. The first-order valence-corrected chi connectivity index (χ1v) is 26.0. The summed E-state index contributed by atoms with van der Waals surface area (Å²) in [5.41, 5.74) is 12.0. The number of methoxy groups -OCH3 is 2. The Labute approximate surface area is 436 Å². The predicted molar refractivity (Wildman–Crippen MR) is 302 cm³/mol. The van der Waals surface area contributed by atoms with E-state index in [9.17, 15) is 9.59 Å². The summed E-state index contributed by atoms with van der Waals surface area (Å²) in [6.45, 7) is 19.7. The minimum Gasteiger partial charge on any atom is -0.494 e. The fourth-order valence-corrected chi connectivity index (χ4v) is 10.2. The van der Waals surface area contributed by atoms with E-state index < -0.39 is 0 Å². The summed E-state index contributed by atoms with van der Waals surface area (Å²) in [4.78, 5) is 47.4. The first kappa shape index (κ1) is 51.3. The number of piperazine rings is 2. The number of nitrogens with zero attached hydrogens (tertiary/aromatic N) is 8. The van der Waals surface area contributed by atoms with Crippen LogP contribution in [0.15, 0.2) is 109 Å². The van der Waals surface area contributed by atoms with Crippen LogP contribution >= 0.6 is 0 Å². The zero-order chi connectivity index (χ0) is 51.9. The van der Waals surface area contributed by atoms with Crippen LogP contribution in [0, 0.1) is 5.92 Å². The Hall–Kier alpha value is -7.56. The number of anilines is 12. The first-order valence-electron chi connectivity index (χ1n) is 26.0. The maximum atomic E-state index is 12.8. The van der Waals surface area contributed by atoms with Crippen LogP contribution in [0.1, 0.15) is 45.7 Å². The number of fused-ring (bicyclic) bond motifs is 2. The van der Waals surface area contributed by atoms with E-state index in [-0.39, 0.29) is 17.7 Å². The molecule has 0 bridgehead atoms. The SMILES string of the molecule is COc1cc(N2CCN(C(C)C)CC2)ccc1Nc1cc(Nc2cccc3c2N(C(C)=O)CC3)ccn1.COc1cc(N2CCN(C)CC2)ccc1Nc1cc(Nc2cccc3c2N(C(=O)C(C)C)CC3)ccn1. The quantitative estimate of drug-likeness (QED) is 0.0821. The number of para-hydroxylation sites is 2. The van der Waals surface area contributed by atoms with Crippen LogP contribution in [-0.4, -0.2) is 124 Å². The van der Waals surface area contributed by atoms with E-state index in [1.54, 1.807) is 33.5 Å². The van der Waals surface area contributed by atoms with Crippen molar-refractivity contribution in [1.29, 1.82) is 0 Å². The molecule has 0 radical (unpaired) electrons. The van der Waals surface area contributed by atoms with Crippen LogP contribution in [0.5, 0.6) is 11.5 Å². The molecule has 0 saturated carbocycles. The highest BCUT2D eigenvalue weighted by Gasteiger charge is 2.29. The first-order chi connectivity index (χ1) is 35.8. The smallest absolute Gasteiger partial charge is 0.229 e. The van der Waals surface area contributed by atoms with Crippen LogP contribution in [-0.2, 0) is 22.4 Å². The molecular formula is C58H72N12O4. The molecule has 0 unspecified atom stereocenters. The van der Waals surface area contributed by atoms with Crippen LogP contribution in [0.2, 0.25) is 0 Å². The number of ether oxygens (including phenoxy) is 2. The average Bonchev–Trinajstić information content (AvgIpc) is 4.06. The Morgan fingerprint density at radius 3 is 1.47 bits per heavy atom.